The third-order valence-electron chi connectivity index (χ3n) is 8.39. The van der Waals surface area contributed by atoms with Gasteiger partial charge in [-0.25, -0.2) is 0 Å². The molecule has 43 heavy (non-hydrogen) atoms. The molecule has 0 saturated heterocycles. The Morgan fingerprint density at radius 1 is 0.814 bits per heavy atom. The summed E-state index contributed by atoms with van der Waals surface area (Å²) in [4.78, 5) is 2.35. The summed E-state index contributed by atoms with van der Waals surface area (Å²) in [6.45, 7) is 24.7. The predicted molar refractivity (Wildman–Crippen MR) is 190 cm³/mol. The number of benzene rings is 3. The summed E-state index contributed by atoms with van der Waals surface area (Å²) in [6.07, 6.45) is 9.68. The maximum Gasteiger partial charge on any atom is 0.294 e. The molecule has 0 bridgehead atoms. The van der Waals surface area contributed by atoms with Crippen LogP contribution in [0.15, 0.2) is 83.6 Å². The SMILES string of the molecule is C/C=C/N1c2ccc(C(C)(C)C)cc2B(c2cc3cc(C(C)(C)C)ccc3o2)c2c(N/C=C/CC(C)(C)C)cc(C)cc21. The van der Waals surface area contributed by atoms with E-state index in [1.165, 1.54) is 39.0 Å². The monoisotopic (exact) mass is 572 g/mol. The van der Waals surface area contributed by atoms with Crippen LogP contribution in [0.5, 0.6) is 0 Å². The minimum absolute atomic E-state index is 0.0187. The summed E-state index contributed by atoms with van der Waals surface area (Å²) < 4.78 is 6.78. The minimum Gasteiger partial charge on any atom is -0.470 e. The zero-order chi connectivity index (χ0) is 31.3. The molecule has 0 radical (unpaired) electrons. The van der Waals surface area contributed by atoms with Crippen LogP contribution in [-0.2, 0) is 10.8 Å². The van der Waals surface area contributed by atoms with Crippen LogP contribution in [0.4, 0.5) is 17.1 Å². The maximum absolute atomic E-state index is 6.78. The number of fused-ring (bicyclic) bond motifs is 3. The highest BCUT2D eigenvalue weighted by molar-refractivity contribution is 6.98. The molecule has 0 amide bonds. The second kappa shape index (κ2) is 11.1. The quantitative estimate of drug-likeness (QED) is 0.242. The van der Waals surface area contributed by atoms with E-state index in [-0.39, 0.29) is 23.0 Å². The Labute approximate surface area is 260 Å². The molecule has 1 aromatic heterocycles. The van der Waals surface area contributed by atoms with E-state index in [2.05, 4.69) is 166 Å². The van der Waals surface area contributed by atoms with Gasteiger partial charge >= 0.3 is 0 Å². The second-order valence-corrected chi connectivity index (χ2v) is 15.5. The molecule has 4 heteroatoms. The number of furan rings is 1. The zero-order valence-corrected chi connectivity index (χ0v) is 28.1. The van der Waals surface area contributed by atoms with Gasteiger partial charge in [0.1, 0.15) is 5.58 Å². The summed E-state index contributed by atoms with van der Waals surface area (Å²) in [5.74, 6) is 0. The molecule has 0 spiro atoms. The van der Waals surface area contributed by atoms with E-state index in [1.54, 1.807) is 0 Å². The molecule has 3 aromatic carbocycles. The lowest BCUT2D eigenvalue weighted by molar-refractivity contribution is 0.420. The van der Waals surface area contributed by atoms with Crippen LogP contribution in [0.25, 0.3) is 11.0 Å². The molecule has 0 fully saturated rings. The normalized spacial score (nSPS) is 14.2. The lowest BCUT2D eigenvalue weighted by Crippen LogP contribution is -2.57. The van der Waals surface area contributed by atoms with E-state index < -0.39 is 0 Å². The van der Waals surface area contributed by atoms with Crippen LogP contribution in [-0.4, -0.2) is 6.71 Å². The number of allylic oxidation sites excluding steroid dienone is 2. The van der Waals surface area contributed by atoms with Crippen molar-refractivity contribution in [2.24, 2.45) is 5.41 Å². The first-order valence-electron chi connectivity index (χ1n) is 15.7. The molecular formula is C39H49BN2O. The third-order valence-corrected chi connectivity index (χ3v) is 8.39. The Morgan fingerprint density at radius 3 is 2.14 bits per heavy atom. The molecule has 0 unspecified atom stereocenters. The first-order chi connectivity index (χ1) is 20.1. The minimum atomic E-state index is -0.0709. The van der Waals surface area contributed by atoms with Crippen LogP contribution in [0.3, 0.4) is 0 Å². The molecule has 3 nitrogen and oxygen atoms in total. The van der Waals surface area contributed by atoms with Crippen LogP contribution >= 0.6 is 0 Å². The smallest absolute Gasteiger partial charge is 0.294 e. The average Bonchev–Trinajstić information content (AvgIpc) is 3.32. The summed E-state index contributed by atoms with van der Waals surface area (Å²) in [5, 5.41) is 4.87. The van der Waals surface area contributed by atoms with Gasteiger partial charge in [-0.1, -0.05) is 92.7 Å². The number of anilines is 3. The summed E-state index contributed by atoms with van der Waals surface area (Å²) in [7, 11) is 0. The molecule has 2 heterocycles. The Kier molecular flexibility index (Phi) is 7.96. The number of hydrogen-bond acceptors (Lipinski definition) is 3. The van der Waals surface area contributed by atoms with Crippen molar-refractivity contribution < 1.29 is 4.42 Å². The Hall–Kier alpha value is -3.66. The van der Waals surface area contributed by atoms with Gasteiger partial charge in [-0.05, 0) is 107 Å². The van der Waals surface area contributed by atoms with Crippen molar-refractivity contribution in [3.63, 3.8) is 0 Å². The van der Waals surface area contributed by atoms with Gasteiger partial charge in [0, 0.05) is 28.6 Å². The molecule has 1 N–H and O–H groups in total. The van der Waals surface area contributed by atoms with Crippen molar-refractivity contribution in [3.8, 4) is 0 Å². The lowest BCUT2D eigenvalue weighted by atomic mass is 9.36. The van der Waals surface area contributed by atoms with Crippen LogP contribution in [0.1, 0.15) is 92.3 Å². The van der Waals surface area contributed by atoms with Gasteiger partial charge in [-0.2, -0.15) is 0 Å². The number of aryl methyl sites for hydroxylation is 1. The van der Waals surface area contributed by atoms with Gasteiger partial charge in [-0.3, -0.25) is 0 Å². The van der Waals surface area contributed by atoms with E-state index in [0.717, 1.165) is 28.7 Å². The largest absolute Gasteiger partial charge is 0.470 e. The van der Waals surface area contributed by atoms with Crippen molar-refractivity contribution in [1.82, 2.24) is 0 Å². The van der Waals surface area contributed by atoms with Gasteiger partial charge in [0.25, 0.3) is 6.71 Å². The van der Waals surface area contributed by atoms with Gasteiger partial charge in [0.05, 0.1) is 5.66 Å². The van der Waals surface area contributed by atoms with Crippen molar-refractivity contribution in [2.75, 3.05) is 10.2 Å². The molecule has 4 aromatic rings. The van der Waals surface area contributed by atoms with E-state index in [0.29, 0.717) is 0 Å². The van der Waals surface area contributed by atoms with Crippen molar-refractivity contribution >= 4 is 51.3 Å². The average molecular weight is 573 g/mol. The van der Waals surface area contributed by atoms with Crippen molar-refractivity contribution in [2.45, 2.75) is 93.4 Å². The molecular weight excluding hydrogens is 523 g/mol. The number of hydrogen-bond donors (Lipinski definition) is 1. The van der Waals surface area contributed by atoms with E-state index in [4.69, 9.17) is 4.42 Å². The Bertz CT molecular complexity index is 1700. The fraction of sp³-hybridized carbons (Fsp3) is 0.385. The highest BCUT2D eigenvalue weighted by atomic mass is 16.3. The third kappa shape index (κ3) is 6.35. The number of rotatable bonds is 5. The summed E-state index contributed by atoms with van der Waals surface area (Å²) >= 11 is 0. The van der Waals surface area contributed by atoms with Crippen molar-refractivity contribution in [1.29, 1.82) is 0 Å². The maximum atomic E-state index is 6.78. The van der Waals surface area contributed by atoms with Gasteiger partial charge < -0.3 is 14.6 Å². The predicted octanol–water partition coefficient (Wildman–Crippen LogP) is 9.20. The zero-order valence-electron chi connectivity index (χ0n) is 28.1. The standard InChI is InChI=1S/C39H49BN2O/c1-12-20-42-32-16-14-29(39(9,10)11)25-30(32)40(35-24-27-23-28(38(6,7)8)15-17-34(27)43-35)36-31(21-26(2)22-33(36)42)41-19-13-18-37(3,4)5/h12-17,19-25,41H,18H2,1-11H3/b19-13+,20-12+. The van der Waals surface area contributed by atoms with Gasteiger partial charge in [0.15, 0.2) is 0 Å². The molecule has 1 aliphatic heterocycles. The van der Waals surface area contributed by atoms with Gasteiger partial charge in [-0.15, -0.1) is 0 Å². The van der Waals surface area contributed by atoms with E-state index >= 15 is 0 Å². The van der Waals surface area contributed by atoms with E-state index in [9.17, 15) is 0 Å². The van der Waals surface area contributed by atoms with Crippen LogP contribution in [0, 0.1) is 12.3 Å². The first-order valence-corrected chi connectivity index (χ1v) is 15.7. The molecule has 0 atom stereocenters. The molecule has 0 aliphatic carbocycles. The van der Waals surface area contributed by atoms with Crippen LogP contribution in [0.2, 0.25) is 0 Å². The summed E-state index contributed by atoms with van der Waals surface area (Å²) in [6, 6.07) is 20.5. The topological polar surface area (TPSA) is 28.4 Å². The lowest BCUT2D eigenvalue weighted by Gasteiger charge is -2.36. The Balaban J connectivity index is 1.78. The van der Waals surface area contributed by atoms with Crippen LogP contribution < -0.4 is 26.8 Å². The van der Waals surface area contributed by atoms with E-state index in [1.807, 2.05) is 0 Å². The highest BCUT2D eigenvalue weighted by Gasteiger charge is 2.39. The number of nitrogens with one attached hydrogen (secondary N) is 1. The van der Waals surface area contributed by atoms with Gasteiger partial charge in [0.2, 0.25) is 0 Å². The first kappa shape index (κ1) is 30.8. The molecule has 5 rings (SSSR count). The fourth-order valence-electron chi connectivity index (χ4n) is 6.00. The molecule has 1 aliphatic rings. The second-order valence-electron chi connectivity index (χ2n) is 15.5. The molecule has 0 saturated carbocycles. The molecule has 224 valence electrons. The highest BCUT2D eigenvalue weighted by Crippen LogP contribution is 2.35. The summed E-state index contributed by atoms with van der Waals surface area (Å²) in [5.41, 5.74) is 12.1. The Morgan fingerprint density at radius 2 is 1.49 bits per heavy atom. The number of nitrogens with zero attached hydrogens (tertiary/aromatic N) is 1. The fourth-order valence-corrected chi connectivity index (χ4v) is 6.00. The van der Waals surface area contributed by atoms with Crippen molar-refractivity contribution in [3.05, 3.63) is 95.8 Å².